The molecule has 1 heterocycles. The van der Waals surface area contributed by atoms with Crippen LogP contribution in [0.5, 0.6) is 11.5 Å². The van der Waals surface area contributed by atoms with Gasteiger partial charge in [0, 0.05) is 18.2 Å². The molecule has 1 aromatic carbocycles. The number of nitrogens with zero attached hydrogens (tertiary/aromatic N) is 1. The highest BCUT2D eigenvalue weighted by molar-refractivity contribution is 5.95. The van der Waals surface area contributed by atoms with Gasteiger partial charge in [-0.1, -0.05) is 0 Å². The molecule has 126 valence electrons. The molecule has 1 N–H and O–H groups in total. The maximum Gasteiger partial charge on any atom is 0.308 e. The Morgan fingerprint density at radius 3 is 2.43 bits per heavy atom. The van der Waals surface area contributed by atoms with Crippen LogP contribution in [-0.4, -0.2) is 47.7 Å². The van der Waals surface area contributed by atoms with Crippen LogP contribution in [0.1, 0.15) is 37.6 Å². The van der Waals surface area contributed by atoms with Gasteiger partial charge in [0.25, 0.3) is 5.91 Å². The first-order chi connectivity index (χ1) is 11.0. The van der Waals surface area contributed by atoms with E-state index in [1.807, 2.05) is 13.8 Å². The van der Waals surface area contributed by atoms with Gasteiger partial charge >= 0.3 is 5.97 Å². The van der Waals surface area contributed by atoms with Gasteiger partial charge < -0.3 is 19.5 Å². The Hall–Kier alpha value is -2.24. The summed E-state index contributed by atoms with van der Waals surface area (Å²) >= 11 is 0. The van der Waals surface area contributed by atoms with Crippen LogP contribution in [0.25, 0.3) is 0 Å². The maximum absolute atomic E-state index is 12.7. The molecule has 6 nitrogen and oxygen atoms in total. The van der Waals surface area contributed by atoms with Gasteiger partial charge in [0.15, 0.2) is 11.5 Å². The summed E-state index contributed by atoms with van der Waals surface area (Å²) in [5.41, 5.74) is 0.481. The Kier molecular flexibility index (Phi) is 5.47. The number of hydrogen-bond donors (Lipinski definition) is 1. The van der Waals surface area contributed by atoms with Crippen molar-refractivity contribution < 1.29 is 24.2 Å². The molecule has 0 aromatic heterocycles. The summed E-state index contributed by atoms with van der Waals surface area (Å²) < 4.78 is 11.0. The summed E-state index contributed by atoms with van der Waals surface area (Å²) in [6, 6.07) is 4.76. The van der Waals surface area contributed by atoms with E-state index in [9.17, 15) is 14.7 Å². The molecule has 2 atom stereocenters. The predicted octanol–water partition coefficient (Wildman–Crippen LogP) is 2.42. The lowest BCUT2D eigenvalue weighted by molar-refractivity contribution is -0.142. The molecule has 6 heteroatoms. The fourth-order valence-corrected chi connectivity index (χ4v) is 2.91. The number of carbonyl (C=O) groups excluding carboxylic acids is 1. The number of aliphatic carboxylic acids is 1. The minimum absolute atomic E-state index is 0.176. The fourth-order valence-electron chi connectivity index (χ4n) is 2.91. The van der Waals surface area contributed by atoms with Crippen LogP contribution in [0.15, 0.2) is 18.2 Å². The zero-order valence-electron chi connectivity index (χ0n) is 13.7. The van der Waals surface area contributed by atoms with E-state index in [0.29, 0.717) is 43.2 Å². The van der Waals surface area contributed by atoms with Crippen molar-refractivity contribution in [3.05, 3.63) is 23.8 Å². The summed E-state index contributed by atoms with van der Waals surface area (Å²) in [6.07, 6.45) is 0.484. The number of amides is 1. The molecule has 23 heavy (non-hydrogen) atoms. The molecule has 1 aliphatic rings. The lowest BCUT2D eigenvalue weighted by atomic mass is 10.0. The SMILES string of the molecule is CCOc1ccc(C(=O)N2CCC(C(=O)O)C2C)cc1OCC. The van der Waals surface area contributed by atoms with Crippen molar-refractivity contribution in [3.63, 3.8) is 0 Å². The van der Waals surface area contributed by atoms with Crippen LogP contribution < -0.4 is 9.47 Å². The molecule has 1 amide bonds. The number of likely N-dealkylation sites (tertiary alicyclic amines) is 1. The second-order valence-corrected chi connectivity index (χ2v) is 5.50. The van der Waals surface area contributed by atoms with Gasteiger partial charge in [0.05, 0.1) is 19.1 Å². The normalized spacial score (nSPS) is 20.4. The monoisotopic (exact) mass is 321 g/mol. The third kappa shape index (κ3) is 3.57. The maximum atomic E-state index is 12.7. The van der Waals surface area contributed by atoms with E-state index in [2.05, 4.69) is 0 Å². The van der Waals surface area contributed by atoms with Crippen molar-refractivity contribution in [3.8, 4) is 11.5 Å². The van der Waals surface area contributed by atoms with Crippen LogP contribution in [0.3, 0.4) is 0 Å². The minimum atomic E-state index is -0.852. The first-order valence-electron chi connectivity index (χ1n) is 7.93. The Morgan fingerprint density at radius 2 is 1.87 bits per heavy atom. The smallest absolute Gasteiger partial charge is 0.308 e. The first-order valence-corrected chi connectivity index (χ1v) is 7.93. The summed E-state index contributed by atoms with van der Waals surface area (Å²) in [7, 11) is 0. The molecule has 0 spiro atoms. The van der Waals surface area contributed by atoms with Gasteiger partial charge in [0.2, 0.25) is 0 Å². The van der Waals surface area contributed by atoms with E-state index in [-0.39, 0.29) is 11.9 Å². The van der Waals surface area contributed by atoms with Crippen LogP contribution in [0, 0.1) is 5.92 Å². The highest BCUT2D eigenvalue weighted by atomic mass is 16.5. The standard InChI is InChI=1S/C17H23NO5/c1-4-22-14-7-6-12(10-15(14)23-5-2)16(19)18-9-8-13(11(18)3)17(20)21/h6-7,10-11,13H,4-5,8-9H2,1-3H3,(H,20,21). The third-order valence-corrected chi connectivity index (χ3v) is 4.12. The first kappa shape index (κ1) is 17.1. The van der Waals surface area contributed by atoms with Crippen LogP contribution >= 0.6 is 0 Å². The average molecular weight is 321 g/mol. The molecular formula is C17H23NO5. The van der Waals surface area contributed by atoms with Crippen molar-refractivity contribution in [1.82, 2.24) is 4.90 Å². The van der Waals surface area contributed by atoms with Gasteiger partial charge in [-0.05, 0) is 45.4 Å². The minimum Gasteiger partial charge on any atom is -0.490 e. The van der Waals surface area contributed by atoms with E-state index < -0.39 is 11.9 Å². The van der Waals surface area contributed by atoms with Gasteiger partial charge in [-0.2, -0.15) is 0 Å². The summed E-state index contributed by atoms with van der Waals surface area (Å²) in [5.74, 6) is -0.404. The van der Waals surface area contributed by atoms with E-state index in [4.69, 9.17) is 9.47 Å². The highest BCUT2D eigenvalue weighted by Gasteiger charge is 2.38. The number of ether oxygens (including phenoxy) is 2. The molecule has 0 saturated carbocycles. The second kappa shape index (κ2) is 7.35. The quantitative estimate of drug-likeness (QED) is 0.871. The molecule has 2 unspecified atom stereocenters. The average Bonchev–Trinajstić information content (AvgIpc) is 2.90. The zero-order chi connectivity index (χ0) is 17.0. The molecule has 1 fully saturated rings. The van der Waals surface area contributed by atoms with Crippen molar-refractivity contribution >= 4 is 11.9 Å². The Balaban J connectivity index is 2.22. The van der Waals surface area contributed by atoms with Gasteiger partial charge in [-0.15, -0.1) is 0 Å². The van der Waals surface area contributed by atoms with Crippen molar-refractivity contribution in [2.24, 2.45) is 5.92 Å². The largest absolute Gasteiger partial charge is 0.490 e. The van der Waals surface area contributed by atoms with E-state index in [1.165, 1.54) is 0 Å². The highest BCUT2D eigenvalue weighted by Crippen LogP contribution is 2.31. The second-order valence-electron chi connectivity index (χ2n) is 5.50. The molecule has 1 aromatic rings. The van der Waals surface area contributed by atoms with Crippen LogP contribution in [0.4, 0.5) is 0 Å². The Labute approximate surface area is 136 Å². The summed E-state index contributed by atoms with van der Waals surface area (Å²) in [5, 5.41) is 9.19. The zero-order valence-corrected chi connectivity index (χ0v) is 13.7. The topological polar surface area (TPSA) is 76.1 Å². The third-order valence-electron chi connectivity index (χ3n) is 4.12. The van der Waals surface area contributed by atoms with Gasteiger partial charge in [-0.25, -0.2) is 0 Å². The lowest BCUT2D eigenvalue weighted by Gasteiger charge is -2.23. The molecule has 1 aliphatic heterocycles. The number of benzene rings is 1. The Morgan fingerprint density at radius 1 is 1.22 bits per heavy atom. The summed E-state index contributed by atoms with van der Waals surface area (Å²) in [6.45, 7) is 6.96. The van der Waals surface area contributed by atoms with Gasteiger partial charge in [0.1, 0.15) is 0 Å². The molecule has 2 rings (SSSR count). The van der Waals surface area contributed by atoms with Crippen LogP contribution in [0.2, 0.25) is 0 Å². The van der Waals surface area contributed by atoms with Crippen molar-refractivity contribution in [2.75, 3.05) is 19.8 Å². The molecule has 1 saturated heterocycles. The predicted molar refractivity (Wildman–Crippen MR) is 85.0 cm³/mol. The molecule has 0 radical (unpaired) electrons. The summed E-state index contributed by atoms with van der Waals surface area (Å²) in [4.78, 5) is 25.5. The van der Waals surface area contributed by atoms with Crippen molar-refractivity contribution in [2.45, 2.75) is 33.2 Å². The van der Waals surface area contributed by atoms with E-state index in [1.54, 1.807) is 30.0 Å². The van der Waals surface area contributed by atoms with Crippen molar-refractivity contribution in [1.29, 1.82) is 0 Å². The van der Waals surface area contributed by atoms with Gasteiger partial charge in [-0.3, -0.25) is 9.59 Å². The van der Waals surface area contributed by atoms with E-state index >= 15 is 0 Å². The Bertz CT molecular complexity index is 586. The molecule has 0 bridgehead atoms. The number of hydrogen-bond acceptors (Lipinski definition) is 4. The van der Waals surface area contributed by atoms with Crippen LogP contribution in [-0.2, 0) is 4.79 Å². The number of carbonyl (C=O) groups is 2. The lowest BCUT2D eigenvalue weighted by Crippen LogP contribution is -2.37. The number of carboxylic acid groups (broad SMARTS) is 1. The molecular weight excluding hydrogens is 298 g/mol. The fraction of sp³-hybridized carbons (Fsp3) is 0.529. The number of carboxylic acids is 1. The number of rotatable bonds is 6. The molecule has 0 aliphatic carbocycles. The van der Waals surface area contributed by atoms with E-state index in [0.717, 1.165) is 0 Å².